The third kappa shape index (κ3) is 5.98. The van der Waals surface area contributed by atoms with Crippen LogP contribution in [0.3, 0.4) is 0 Å². The van der Waals surface area contributed by atoms with Crippen molar-refractivity contribution in [3.8, 4) is 5.75 Å². The zero-order chi connectivity index (χ0) is 15.7. The van der Waals surface area contributed by atoms with E-state index in [0.717, 1.165) is 26.1 Å². The Bertz CT molecular complexity index is 400. The fourth-order valence-electron chi connectivity index (χ4n) is 2.08. The van der Waals surface area contributed by atoms with Crippen molar-refractivity contribution in [1.29, 1.82) is 0 Å². The van der Waals surface area contributed by atoms with Crippen LogP contribution >= 0.6 is 0 Å². The predicted octanol–water partition coefficient (Wildman–Crippen LogP) is 3.19. The summed E-state index contributed by atoms with van der Waals surface area (Å²) in [7, 11) is 0. The van der Waals surface area contributed by atoms with Crippen molar-refractivity contribution in [2.24, 2.45) is 0 Å². The van der Waals surface area contributed by atoms with Crippen molar-refractivity contribution in [2.45, 2.75) is 33.7 Å². The fourth-order valence-corrected chi connectivity index (χ4v) is 2.08. The normalized spacial score (nSPS) is 11.1. The average Bonchev–Trinajstić information content (AvgIpc) is 2.46. The van der Waals surface area contributed by atoms with Crippen molar-refractivity contribution in [1.82, 2.24) is 10.2 Å². The molecule has 0 saturated heterocycles. The first-order chi connectivity index (χ1) is 10.1. The summed E-state index contributed by atoms with van der Waals surface area (Å²) in [6.07, 6.45) is 0.984. The first-order valence-electron chi connectivity index (χ1n) is 7.66. The Morgan fingerprint density at radius 2 is 1.71 bits per heavy atom. The summed E-state index contributed by atoms with van der Waals surface area (Å²) in [5, 5.41) is 3.12. The molecule has 120 valence electrons. The van der Waals surface area contributed by atoms with E-state index in [1.165, 1.54) is 12.1 Å². The molecular weight excluding hydrogens is 274 g/mol. The van der Waals surface area contributed by atoms with E-state index < -0.39 is 11.6 Å². The lowest BCUT2D eigenvalue weighted by molar-refractivity contribution is 0.211. The van der Waals surface area contributed by atoms with Gasteiger partial charge in [-0.1, -0.05) is 20.8 Å². The number of hydrogen-bond donors (Lipinski definition) is 1. The highest BCUT2D eigenvalue weighted by molar-refractivity contribution is 5.31. The molecule has 5 heteroatoms. The molecule has 0 saturated carbocycles. The highest BCUT2D eigenvalue weighted by Gasteiger charge is 2.13. The highest BCUT2D eigenvalue weighted by Crippen LogP contribution is 2.23. The van der Waals surface area contributed by atoms with Crippen molar-refractivity contribution >= 4 is 0 Å². The van der Waals surface area contributed by atoms with Gasteiger partial charge in [0.2, 0.25) is 0 Å². The highest BCUT2D eigenvalue weighted by atomic mass is 19.1. The average molecular weight is 300 g/mol. The van der Waals surface area contributed by atoms with Gasteiger partial charge in [-0.25, -0.2) is 8.78 Å². The summed E-state index contributed by atoms with van der Waals surface area (Å²) in [5.41, 5.74) is 0.592. The van der Waals surface area contributed by atoms with Crippen LogP contribution in [0.2, 0.25) is 0 Å². The smallest absolute Gasteiger partial charge is 0.190 e. The van der Waals surface area contributed by atoms with E-state index in [-0.39, 0.29) is 12.4 Å². The number of halogens is 2. The Kier molecular flexibility index (Phi) is 8.23. The quantitative estimate of drug-likeness (QED) is 0.672. The fraction of sp³-hybridized carbons (Fsp3) is 0.625. The SMILES string of the molecule is CCCNCc1cc(F)c(OCCN(CC)CC)c(F)c1. The van der Waals surface area contributed by atoms with E-state index in [9.17, 15) is 8.78 Å². The summed E-state index contributed by atoms with van der Waals surface area (Å²) >= 11 is 0. The van der Waals surface area contributed by atoms with Gasteiger partial charge < -0.3 is 15.0 Å². The molecule has 0 heterocycles. The summed E-state index contributed by atoms with van der Waals surface area (Å²) in [6, 6.07) is 2.66. The van der Waals surface area contributed by atoms with Gasteiger partial charge in [0, 0.05) is 13.1 Å². The summed E-state index contributed by atoms with van der Waals surface area (Å²) in [4.78, 5) is 2.14. The van der Waals surface area contributed by atoms with Crippen LogP contribution in [-0.2, 0) is 6.54 Å². The molecule has 0 radical (unpaired) electrons. The first-order valence-corrected chi connectivity index (χ1v) is 7.66. The molecule has 0 aliphatic carbocycles. The number of ether oxygens (including phenoxy) is 1. The molecule has 0 atom stereocenters. The third-order valence-corrected chi connectivity index (χ3v) is 3.36. The molecule has 1 rings (SSSR count). The van der Waals surface area contributed by atoms with Gasteiger partial charge in [0.25, 0.3) is 0 Å². The van der Waals surface area contributed by atoms with Crippen LogP contribution in [0, 0.1) is 11.6 Å². The molecule has 1 aromatic carbocycles. The van der Waals surface area contributed by atoms with E-state index >= 15 is 0 Å². The van der Waals surface area contributed by atoms with Crippen molar-refractivity contribution in [3.63, 3.8) is 0 Å². The topological polar surface area (TPSA) is 24.5 Å². The number of benzene rings is 1. The van der Waals surface area contributed by atoms with Crippen LogP contribution in [0.4, 0.5) is 8.78 Å². The zero-order valence-electron chi connectivity index (χ0n) is 13.2. The molecule has 0 aromatic heterocycles. The lowest BCUT2D eigenvalue weighted by Gasteiger charge is -2.18. The summed E-state index contributed by atoms with van der Waals surface area (Å²) in [5.74, 6) is -1.55. The lowest BCUT2D eigenvalue weighted by atomic mass is 10.2. The molecule has 0 amide bonds. The second-order valence-corrected chi connectivity index (χ2v) is 4.94. The minimum Gasteiger partial charge on any atom is -0.486 e. The minimum absolute atomic E-state index is 0.276. The standard InChI is InChI=1S/C16H26F2N2O/c1-4-7-19-12-13-10-14(17)16(15(18)11-13)21-9-8-20(5-2)6-3/h10-11,19H,4-9,12H2,1-3H3. The van der Waals surface area contributed by atoms with Gasteiger partial charge in [0.15, 0.2) is 17.4 Å². The van der Waals surface area contributed by atoms with Gasteiger partial charge in [-0.05, 0) is 43.8 Å². The van der Waals surface area contributed by atoms with E-state index in [4.69, 9.17) is 4.74 Å². The number of likely N-dealkylation sites (N-methyl/N-ethyl adjacent to an activating group) is 1. The van der Waals surface area contributed by atoms with E-state index in [1.54, 1.807) is 0 Å². The van der Waals surface area contributed by atoms with Gasteiger partial charge in [-0.15, -0.1) is 0 Å². The Morgan fingerprint density at radius 1 is 1.10 bits per heavy atom. The maximum atomic E-state index is 13.9. The van der Waals surface area contributed by atoms with E-state index in [2.05, 4.69) is 10.2 Å². The van der Waals surface area contributed by atoms with Crippen LogP contribution in [0.5, 0.6) is 5.75 Å². The molecular formula is C16H26F2N2O. The second-order valence-electron chi connectivity index (χ2n) is 4.94. The Balaban J connectivity index is 2.58. The predicted molar refractivity (Wildman–Crippen MR) is 81.6 cm³/mol. The van der Waals surface area contributed by atoms with Crippen LogP contribution < -0.4 is 10.1 Å². The molecule has 0 aliphatic heterocycles. The second kappa shape index (κ2) is 9.68. The van der Waals surface area contributed by atoms with Crippen molar-refractivity contribution < 1.29 is 13.5 Å². The Hall–Kier alpha value is -1.20. The zero-order valence-corrected chi connectivity index (χ0v) is 13.2. The van der Waals surface area contributed by atoms with E-state index in [1.807, 2.05) is 20.8 Å². The molecule has 0 unspecified atom stereocenters. The maximum absolute atomic E-state index is 13.9. The van der Waals surface area contributed by atoms with Gasteiger partial charge in [0.1, 0.15) is 6.61 Å². The van der Waals surface area contributed by atoms with Crippen molar-refractivity contribution in [3.05, 3.63) is 29.3 Å². The molecule has 0 aliphatic rings. The largest absolute Gasteiger partial charge is 0.486 e. The molecule has 0 spiro atoms. The number of hydrogen-bond acceptors (Lipinski definition) is 3. The summed E-state index contributed by atoms with van der Waals surface area (Å²) < 4.78 is 33.1. The Labute approximate surface area is 126 Å². The molecule has 3 nitrogen and oxygen atoms in total. The van der Waals surface area contributed by atoms with Crippen LogP contribution in [0.25, 0.3) is 0 Å². The first kappa shape index (κ1) is 17.9. The molecule has 1 aromatic rings. The monoisotopic (exact) mass is 300 g/mol. The van der Waals surface area contributed by atoms with Crippen LogP contribution in [-0.4, -0.2) is 37.7 Å². The van der Waals surface area contributed by atoms with E-state index in [0.29, 0.717) is 18.7 Å². The van der Waals surface area contributed by atoms with Gasteiger partial charge in [-0.3, -0.25) is 0 Å². The maximum Gasteiger partial charge on any atom is 0.190 e. The van der Waals surface area contributed by atoms with Gasteiger partial charge in [0.05, 0.1) is 0 Å². The van der Waals surface area contributed by atoms with Crippen LogP contribution in [0.15, 0.2) is 12.1 Å². The lowest BCUT2D eigenvalue weighted by Crippen LogP contribution is -2.28. The third-order valence-electron chi connectivity index (χ3n) is 3.36. The van der Waals surface area contributed by atoms with Gasteiger partial charge in [-0.2, -0.15) is 0 Å². The molecule has 21 heavy (non-hydrogen) atoms. The molecule has 0 fully saturated rings. The van der Waals surface area contributed by atoms with Crippen molar-refractivity contribution in [2.75, 3.05) is 32.8 Å². The number of nitrogens with one attached hydrogen (secondary N) is 1. The molecule has 1 N–H and O–H groups in total. The van der Waals surface area contributed by atoms with Gasteiger partial charge >= 0.3 is 0 Å². The summed E-state index contributed by atoms with van der Waals surface area (Å²) in [6.45, 7) is 10.1. The number of nitrogens with zero attached hydrogens (tertiary/aromatic N) is 1. The minimum atomic E-state index is -0.636. The molecule has 0 bridgehead atoms. The Morgan fingerprint density at radius 3 is 2.24 bits per heavy atom. The number of rotatable bonds is 10. The van der Waals surface area contributed by atoms with Crippen LogP contribution in [0.1, 0.15) is 32.8 Å².